The highest BCUT2D eigenvalue weighted by molar-refractivity contribution is 7.11. The summed E-state index contributed by atoms with van der Waals surface area (Å²) in [6.07, 6.45) is 1.51. The summed E-state index contributed by atoms with van der Waals surface area (Å²) in [6.45, 7) is 2.56. The molecule has 2 rings (SSSR count). The number of halogens is 1. The van der Waals surface area contributed by atoms with Gasteiger partial charge in [0.05, 0.1) is 28.8 Å². The van der Waals surface area contributed by atoms with E-state index in [0.29, 0.717) is 18.8 Å². The van der Waals surface area contributed by atoms with Gasteiger partial charge >= 0.3 is 0 Å². The van der Waals surface area contributed by atoms with Crippen LogP contribution in [-0.4, -0.2) is 16.7 Å². The number of aliphatic hydroxyl groups excluding tert-OH is 1. The Morgan fingerprint density at radius 3 is 2.63 bits per heavy atom. The zero-order chi connectivity index (χ0) is 13.7. The number of rotatable bonds is 6. The quantitative estimate of drug-likeness (QED) is 0.885. The van der Waals surface area contributed by atoms with Crippen LogP contribution < -0.4 is 4.74 Å². The van der Waals surface area contributed by atoms with Gasteiger partial charge in [0, 0.05) is 6.42 Å². The van der Waals surface area contributed by atoms with Crippen molar-refractivity contribution in [1.29, 1.82) is 0 Å². The van der Waals surface area contributed by atoms with Gasteiger partial charge in [-0.3, -0.25) is 0 Å². The maximum absolute atomic E-state index is 12.7. The van der Waals surface area contributed by atoms with E-state index in [2.05, 4.69) is 4.98 Å². The predicted molar refractivity (Wildman–Crippen MR) is 73.0 cm³/mol. The molecule has 0 aliphatic heterocycles. The molecule has 1 heterocycles. The molecule has 0 amide bonds. The fourth-order valence-electron chi connectivity index (χ4n) is 1.73. The first-order chi connectivity index (χ1) is 9.22. The molecule has 1 aromatic heterocycles. The van der Waals surface area contributed by atoms with Crippen LogP contribution in [0.2, 0.25) is 0 Å². The van der Waals surface area contributed by atoms with Gasteiger partial charge in [0.25, 0.3) is 0 Å². The van der Waals surface area contributed by atoms with Gasteiger partial charge in [-0.1, -0.05) is 6.92 Å². The number of thiazole rings is 1. The number of nitrogens with zero attached hydrogens (tertiary/aromatic N) is 1. The smallest absolute Gasteiger partial charge is 0.123 e. The van der Waals surface area contributed by atoms with Gasteiger partial charge < -0.3 is 9.84 Å². The molecule has 1 aromatic carbocycles. The lowest BCUT2D eigenvalue weighted by Gasteiger charge is -2.04. The summed E-state index contributed by atoms with van der Waals surface area (Å²) in [5.41, 5.74) is 0.962. The average Bonchev–Trinajstić information content (AvgIpc) is 2.83. The van der Waals surface area contributed by atoms with E-state index in [-0.39, 0.29) is 12.4 Å². The van der Waals surface area contributed by atoms with Crippen LogP contribution in [-0.2, 0) is 19.4 Å². The Labute approximate surface area is 115 Å². The minimum atomic E-state index is -0.271. The Balaban J connectivity index is 1.88. The molecule has 0 saturated heterocycles. The van der Waals surface area contributed by atoms with E-state index in [1.54, 1.807) is 12.1 Å². The summed E-state index contributed by atoms with van der Waals surface area (Å²) >= 11 is 1.52. The highest BCUT2D eigenvalue weighted by Gasteiger charge is 2.08. The van der Waals surface area contributed by atoms with Gasteiger partial charge in [-0.2, -0.15) is 0 Å². The number of ether oxygens (including phenoxy) is 1. The van der Waals surface area contributed by atoms with Crippen LogP contribution >= 0.6 is 11.3 Å². The molecule has 102 valence electrons. The molecule has 1 N–H and O–H groups in total. The number of aryl methyl sites for hydroxylation is 1. The lowest BCUT2D eigenvalue weighted by atomic mass is 10.3. The molecule has 0 saturated carbocycles. The first kappa shape index (κ1) is 14.0. The number of hydrogen-bond donors (Lipinski definition) is 1. The van der Waals surface area contributed by atoms with Crippen LogP contribution in [0.15, 0.2) is 24.3 Å². The minimum absolute atomic E-state index is 0.0413. The molecule has 0 aliphatic carbocycles. The molecule has 0 unspecified atom stereocenters. The van der Waals surface area contributed by atoms with Crippen molar-refractivity contribution in [1.82, 2.24) is 4.98 Å². The van der Waals surface area contributed by atoms with Crippen molar-refractivity contribution in [2.75, 3.05) is 6.61 Å². The first-order valence-corrected chi connectivity index (χ1v) is 7.01. The SMILES string of the molecule is CCc1nc(CCOc2ccc(F)cc2)sc1CO. The third-order valence-corrected chi connectivity index (χ3v) is 3.84. The van der Waals surface area contributed by atoms with E-state index >= 15 is 0 Å². The second kappa shape index (κ2) is 6.63. The zero-order valence-corrected chi connectivity index (χ0v) is 11.5. The normalized spacial score (nSPS) is 10.7. The fraction of sp³-hybridized carbons (Fsp3) is 0.357. The van der Waals surface area contributed by atoms with Crippen molar-refractivity contribution in [2.24, 2.45) is 0 Å². The van der Waals surface area contributed by atoms with E-state index in [1.165, 1.54) is 23.5 Å². The number of hydrogen-bond acceptors (Lipinski definition) is 4. The topological polar surface area (TPSA) is 42.4 Å². The van der Waals surface area contributed by atoms with Gasteiger partial charge in [-0.25, -0.2) is 9.37 Å². The highest BCUT2D eigenvalue weighted by atomic mass is 32.1. The summed E-state index contributed by atoms with van der Waals surface area (Å²) < 4.78 is 18.2. The molecule has 19 heavy (non-hydrogen) atoms. The Bertz CT molecular complexity index is 503. The average molecular weight is 281 g/mol. The molecule has 0 spiro atoms. The maximum Gasteiger partial charge on any atom is 0.123 e. The van der Waals surface area contributed by atoms with Gasteiger partial charge in [-0.15, -0.1) is 11.3 Å². The summed E-state index contributed by atoms with van der Waals surface area (Å²) in [5.74, 6) is 0.378. The predicted octanol–water partition coefficient (Wildman–Crippen LogP) is 2.96. The summed E-state index contributed by atoms with van der Waals surface area (Å²) in [4.78, 5) is 5.39. The molecular weight excluding hydrogens is 265 g/mol. The largest absolute Gasteiger partial charge is 0.493 e. The Kier molecular flexibility index (Phi) is 4.87. The van der Waals surface area contributed by atoms with Crippen LogP contribution in [0.1, 0.15) is 22.5 Å². The van der Waals surface area contributed by atoms with Crippen molar-refractivity contribution in [3.8, 4) is 5.75 Å². The summed E-state index contributed by atoms with van der Waals surface area (Å²) in [6, 6.07) is 5.96. The summed E-state index contributed by atoms with van der Waals surface area (Å²) in [7, 11) is 0. The first-order valence-electron chi connectivity index (χ1n) is 6.19. The number of aromatic nitrogens is 1. The molecule has 0 radical (unpaired) electrons. The van der Waals surface area contributed by atoms with Gasteiger partial charge in [0.1, 0.15) is 11.6 Å². The van der Waals surface area contributed by atoms with Crippen LogP contribution in [0.4, 0.5) is 4.39 Å². The van der Waals surface area contributed by atoms with Crippen LogP contribution in [0.5, 0.6) is 5.75 Å². The number of benzene rings is 1. The minimum Gasteiger partial charge on any atom is -0.493 e. The zero-order valence-electron chi connectivity index (χ0n) is 10.7. The second-order valence-corrected chi connectivity index (χ2v) is 5.21. The van der Waals surface area contributed by atoms with E-state index in [4.69, 9.17) is 4.74 Å². The van der Waals surface area contributed by atoms with Crippen LogP contribution in [0.3, 0.4) is 0 Å². The van der Waals surface area contributed by atoms with Crippen molar-refractivity contribution < 1.29 is 14.2 Å². The third-order valence-electron chi connectivity index (χ3n) is 2.70. The van der Waals surface area contributed by atoms with E-state index < -0.39 is 0 Å². The van der Waals surface area contributed by atoms with E-state index in [1.807, 2.05) is 6.92 Å². The van der Waals surface area contributed by atoms with Crippen molar-refractivity contribution in [3.63, 3.8) is 0 Å². The fourth-order valence-corrected chi connectivity index (χ4v) is 2.73. The third kappa shape index (κ3) is 3.75. The molecule has 3 nitrogen and oxygen atoms in total. The molecule has 2 aromatic rings. The summed E-state index contributed by atoms with van der Waals surface area (Å²) in [5, 5.41) is 10.2. The van der Waals surface area contributed by atoms with Gasteiger partial charge in [0.2, 0.25) is 0 Å². The Hall–Kier alpha value is -1.46. The van der Waals surface area contributed by atoms with Gasteiger partial charge in [0.15, 0.2) is 0 Å². The van der Waals surface area contributed by atoms with Crippen molar-refractivity contribution in [3.05, 3.63) is 45.7 Å². The van der Waals surface area contributed by atoms with Gasteiger partial charge in [-0.05, 0) is 30.7 Å². The highest BCUT2D eigenvalue weighted by Crippen LogP contribution is 2.20. The molecule has 5 heteroatoms. The monoisotopic (exact) mass is 281 g/mol. The molecular formula is C14H16FNO2S. The molecule has 0 aliphatic rings. The standard InChI is InChI=1S/C14H16FNO2S/c1-2-12-13(9-17)19-14(16-12)7-8-18-11-5-3-10(15)4-6-11/h3-6,17H,2,7-9H2,1H3. The van der Waals surface area contributed by atoms with E-state index in [9.17, 15) is 9.50 Å². The molecule has 0 fully saturated rings. The van der Waals surface area contributed by atoms with Crippen molar-refractivity contribution >= 4 is 11.3 Å². The Morgan fingerprint density at radius 2 is 2.05 bits per heavy atom. The molecule has 0 atom stereocenters. The van der Waals surface area contributed by atoms with E-state index in [0.717, 1.165) is 22.0 Å². The van der Waals surface area contributed by atoms with Crippen LogP contribution in [0.25, 0.3) is 0 Å². The van der Waals surface area contributed by atoms with Crippen molar-refractivity contribution in [2.45, 2.75) is 26.4 Å². The lowest BCUT2D eigenvalue weighted by Crippen LogP contribution is -2.01. The molecule has 0 bridgehead atoms. The Morgan fingerprint density at radius 1 is 1.32 bits per heavy atom. The lowest BCUT2D eigenvalue weighted by molar-refractivity contribution is 0.284. The maximum atomic E-state index is 12.7. The number of aliphatic hydroxyl groups is 1. The van der Waals surface area contributed by atoms with Crippen LogP contribution in [0, 0.1) is 5.82 Å². The second-order valence-electron chi connectivity index (χ2n) is 4.04.